The van der Waals surface area contributed by atoms with Crippen LogP contribution < -0.4 is 10.1 Å². The molecule has 0 radical (unpaired) electrons. The molecular weight excluding hydrogens is 272 g/mol. The van der Waals surface area contributed by atoms with Gasteiger partial charge in [0.15, 0.2) is 6.61 Å². The summed E-state index contributed by atoms with van der Waals surface area (Å²) in [6, 6.07) is 4.98. The minimum Gasteiger partial charge on any atom is -0.482 e. The van der Waals surface area contributed by atoms with Gasteiger partial charge in [0.2, 0.25) is 0 Å². The largest absolute Gasteiger partial charge is 0.482 e. The molecule has 1 fully saturated rings. The quantitative estimate of drug-likeness (QED) is 0.804. The average molecular weight is 290 g/mol. The van der Waals surface area contributed by atoms with Gasteiger partial charge in [-0.1, -0.05) is 6.92 Å². The maximum atomic E-state index is 12.5. The fourth-order valence-electron chi connectivity index (χ4n) is 2.62. The number of aliphatic hydroxyl groups excluding tert-OH is 1. The van der Waals surface area contributed by atoms with E-state index in [-0.39, 0.29) is 24.3 Å². The van der Waals surface area contributed by atoms with E-state index < -0.39 is 6.10 Å². The van der Waals surface area contributed by atoms with E-state index in [2.05, 4.69) is 5.32 Å². The van der Waals surface area contributed by atoms with Gasteiger partial charge in [0, 0.05) is 18.7 Å². The van der Waals surface area contributed by atoms with Crippen molar-refractivity contribution in [2.75, 3.05) is 25.0 Å². The molecular formula is C15H18N2O4. The summed E-state index contributed by atoms with van der Waals surface area (Å²) in [7, 11) is 0. The molecule has 2 aliphatic rings. The van der Waals surface area contributed by atoms with Gasteiger partial charge in [-0.05, 0) is 30.5 Å². The van der Waals surface area contributed by atoms with Crippen molar-refractivity contribution in [1.82, 2.24) is 4.90 Å². The maximum absolute atomic E-state index is 12.5. The number of hydrogen-bond acceptors (Lipinski definition) is 4. The molecule has 2 amide bonds. The summed E-state index contributed by atoms with van der Waals surface area (Å²) in [5.41, 5.74) is 1.08. The molecule has 0 aliphatic carbocycles. The topological polar surface area (TPSA) is 78.9 Å². The van der Waals surface area contributed by atoms with E-state index in [1.807, 2.05) is 6.92 Å². The van der Waals surface area contributed by atoms with Gasteiger partial charge < -0.3 is 20.1 Å². The molecule has 0 bridgehead atoms. The summed E-state index contributed by atoms with van der Waals surface area (Å²) in [5, 5.41) is 12.6. The third-order valence-electron chi connectivity index (χ3n) is 4.07. The number of anilines is 1. The van der Waals surface area contributed by atoms with Crippen LogP contribution in [0, 0.1) is 5.92 Å². The van der Waals surface area contributed by atoms with Crippen molar-refractivity contribution < 1.29 is 19.4 Å². The zero-order valence-electron chi connectivity index (χ0n) is 11.8. The van der Waals surface area contributed by atoms with E-state index in [1.54, 1.807) is 23.1 Å². The van der Waals surface area contributed by atoms with Gasteiger partial charge in [-0.15, -0.1) is 0 Å². The highest BCUT2D eigenvalue weighted by atomic mass is 16.5. The summed E-state index contributed by atoms with van der Waals surface area (Å²) in [5.74, 6) is 0.404. The van der Waals surface area contributed by atoms with Gasteiger partial charge in [0.25, 0.3) is 11.8 Å². The average Bonchev–Trinajstić information content (AvgIpc) is 2.49. The van der Waals surface area contributed by atoms with Crippen molar-refractivity contribution in [3.8, 4) is 5.75 Å². The summed E-state index contributed by atoms with van der Waals surface area (Å²) in [4.78, 5) is 25.4. The van der Waals surface area contributed by atoms with Crippen molar-refractivity contribution >= 4 is 17.5 Å². The summed E-state index contributed by atoms with van der Waals surface area (Å²) >= 11 is 0. The minimum atomic E-state index is -0.476. The number of fused-ring (bicyclic) bond motifs is 1. The fourth-order valence-corrected chi connectivity index (χ4v) is 2.62. The predicted molar refractivity (Wildman–Crippen MR) is 76.3 cm³/mol. The number of benzene rings is 1. The Morgan fingerprint density at radius 2 is 2.29 bits per heavy atom. The fraction of sp³-hybridized carbons (Fsp3) is 0.467. The second-order valence-corrected chi connectivity index (χ2v) is 5.63. The van der Waals surface area contributed by atoms with Gasteiger partial charge in [-0.2, -0.15) is 0 Å². The summed E-state index contributed by atoms with van der Waals surface area (Å²) < 4.78 is 5.32. The number of nitrogens with zero attached hydrogens (tertiary/aromatic N) is 1. The number of aliphatic hydroxyl groups is 1. The van der Waals surface area contributed by atoms with Crippen LogP contribution in [0.5, 0.6) is 5.75 Å². The number of piperidine rings is 1. The van der Waals surface area contributed by atoms with Crippen molar-refractivity contribution in [1.29, 1.82) is 0 Å². The second kappa shape index (κ2) is 5.37. The van der Waals surface area contributed by atoms with Gasteiger partial charge >= 0.3 is 0 Å². The van der Waals surface area contributed by atoms with E-state index in [1.165, 1.54) is 0 Å². The molecule has 1 saturated heterocycles. The third-order valence-corrected chi connectivity index (χ3v) is 4.07. The number of ether oxygens (including phenoxy) is 1. The molecule has 0 aromatic heterocycles. The Bertz CT molecular complexity index is 587. The molecule has 112 valence electrons. The Kier molecular flexibility index (Phi) is 3.55. The Morgan fingerprint density at radius 1 is 1.48 bits per heavy atom. The lowest BCUT2D eigenvalue weighted by molar-refractivity contribution is -0.118. The van der Waals surface area contributed by atoms with Gasteiger partial charge in [0.05, 0.1) is 11.8 Å². The highest BCUT2D eigenvalue weighted by Crippen LogP contribution is 2.29. The normalized spacial score (nSPS) is 24.9. The molecule has 2 aliphatic heterocycles. The first-order chi connectivity index (χ1) is 10.0. The molecule has 2 unspecified atom stereocenters. The van der Waals surface area contributed by atoms with Crippen molar-refractivity contribution in [2.45, 2.75) is 19.4 Å². The van der Waals surface area contributed by atoms with Crippen molar-refractivity contribution in [3.63, 3.8) is 0 Å². The smallest absolute Gasteiger partial charge is 0.262 e. The molecule has 6 nitrogen and oxygen atoms in total. The van der Waals surface area contributed by atoms with Gasteiger partial charge in [-0.3, -0.25) is 9.59 Å². The molecule has 2 N–H and O–H groups in total. The number of carbonyl (C=O) groups excluding carboxylic acids is 2. The zero-order valence-corrected chi connectivity index (χ0v) is 11.8. The van der Waals surface area contributed by atoms with Crippen LogP contribution in [-0.2, 0) is 4.79 Å². The van der Waals surface area contributed by atoms with Gasteiger partial charge in [-0.25, -0.2) is 0 Å². The van der Waals surface area contributed by atoms with Crippen LogP contribution in [0.2, 0.25) is 0 Å². The first kappa shape index (κ1) is 13.9. The van der Waals surface area contributed by atoms with E-state index >= 15 is 0 Å². The molecule has 3 rings (SSSR count). The molecule has 1 aromatic carbocycles. The van der Waals surface area contributed by atoms with Gasteiger partial charge in [0.1, 0.15) is 5.75 Å². The zero-order chi connectivity index (χ0) is 15.0. The van der Waals surface area contributed by atoms with Crippen LogP contribution in [0.3, 0.4) is 0 Å². The molecule has 1 aromatic rings. The number of β-amino-alcohol motifs (C(OH)–C–C–N with tert-alkyl or cyclic N) is 1. The SMILES string of the molecule is CC1CCN(C(=O)c2ccc3c(c2)OCC(=O)N3)CC1O. The van der Waals surface area contributed by atoms with E-state index in [0.29, 0.717) is 30.1 Å². The Hall–Kier alpha value is -2.08. The summed E-state index contributed by atoms with van der Waals surface area (Å²) in [6.07, 6.45) is 0.320. The van der Waals surface area contributed by atoms with Crippen LogP contribution in [-0.4, -0.2) is 47.6 Å². The Balaban J connectivity index is 1.78. The highest BCUT2D eigenvalue weighted by Gasteiger charge is 2.28. The lowest BCUT2D eigenvalue weighted by Crippen LogP contribution is -2.45. The third kappa shape index (κ3) is 2.71. The number of rotatable bonds is 1. The van der Waals surface area contributed by atoms with Crippen LogP contribution in [0.4, 0.5) is 5.69 Å². The van der Waals surface area contributed by atoms with E-state index in [0.717, 1.165) is 6.42 Å². The monoisotopic (exact) mass is 290 g/mol. The number of amides is 2. The first-order valence-corrected chi connectivity index (χ1v) is 7.08. The molecule has 0 spiro atoms. The number of carbonyl (C=O) groups is 2. The van der Waals surface area contributed by atoms with Crippen molar-refractivity contribution in [3.05, 3.63) is 23.8 Å². The predicted octanol–water partition coefficient (Wildman–Crippen LogP) is 0.860. The summed E-state index contributed by atoms with van der Waals surface area (Å²) in [6.45, 7) is 2.95. The van der Waals surface area contributed by atoms with Crippen LogP contribution >= 0.6 is 0 Å². The Morgan fingerprint density at radius 3 is 3.05 bits per heavy atom. The minimum absolute atomic E-state index is 0.0371. The maximum Gasteiger partial charge on any atom is 0.262 e. The first-order valence-electron chi connectivity index (χ1n) is 7.08. The number of nitrogens with one attached hydrogen (secondary N) is 1. The molecule has 2 atom stereocenters. The Labute approximate surface area is 122 Å². The number of hydrogen-bond donors (Lipinski definition) is 2. The highest BCUT2D eigenvalue weighted by molar-refractivity contribution is 5.99. The van der Waals surface area contributed by atoms with Crippen molar-refractivity contribution in [2.24, 2.45) is 5.92 Å². The van der Waals surface area contributed by atoms with Crippen LogP contribution in [0.1, 0.15) is 23.7 Å². The lowest BCUT2D eigenvalue weighted by atomic mass is 9.95. The standard InChI is InChI=1S/C15H18N2O4/c1-9-4-5-17(7-12(9)18)15(20)10-2-3-11-13(6-10)21-8-14(19)16-11/h2-3,6,9,12,18H,4-5,7-8H2,1H3,(H,16,19). The number of likely N-dealkylation sites (tertiary alicyclic amines) is 1. The van der Waals surface area contributed by atoms with E-state index in [4.69, 9.17) is 4.74 Å². The molecule has 2 heterocycles. The lowest BCUT2D eigenvalue weighted by Gasteiger charge is -2.34. The second-order valence-electron chi connectivity index (χ2n) is 5.63. The van der Waals surface area contributed by atoms with E-state index in [9.17, 15) is 14.7 Å². The van der Waals surface area contributed by atoms with Crippen LogP contribution in [0.15, 0.2) is 18.2 Å². The molecule has 0 saturated carbocycles. The molecule has 6 heteroatoms. The molecule has 21 heavy (non-hydrogen) atoms. The van der Waals surface area contributed by atoms with Crippen LogP contribution in [0.25, 0.3) is 0 Å².